The number of H-pyrrole nitrogens is 1. The van der Waals surface area contributed by atoms with Gasteiger partial charge >= 0.3 is 5.97 Å². The normalized spacial score (nSPS) is 11.7. The second-order valence-electron chi connectivity index (χ2n) is 5.61. The van der Waals surface area contributed by atoms with E-state index < -0.39 is 28.1 Å². The van der Waals surface area contributed by atoms with E-state index in [-0.39, 0.29) is 21.7 Å². The molecule has 27 heavy (non-hydrogen) atoms. The first-order valence-corrected chi connectivity index (χ1v) is 9.06. The number of nitrogens with two attached hydrogens (primary N) is 1. The van der Waals surface area contributed by atoms with Crippen molar-refractivity contribution in [2.24, 2.45) is 5.14 Å². The molecule has 0 aliphatic carbocycles. The van der Waals surface area contributed by atoms with Crippen LogP contribution in [0.15, 0.2) is 53.4 Å². The van der Waals surface area contributed by atoms with E-state index in [4.69, 9.17) is 5.14 Å². The van der Waals surface area contributed by atoms with Crippen LogP contribution in [0.2, 0.25) is 0 Å². The number of primary sulfonamides is 1. The van der Waals surface area contributed by atoms with Crippen molar-refractivity contribution in [2.45, 2.75) is 11.3 Å². The zero-order valence-corrected chi connectivity index (χ0v) is 14.4. The lowest BCUT2D eigenvalue weighted by molar-refractivity contribution is 0.0697. The molecule has 1 heterocycles. The number of aromatic nitrogens is 2. The Hall–Kier alpha value is -3.11. The number of hydrogen-bond acceptors (Lipinski definition) is 4. The Morgan fingerprint density at radius 2 is 1.81 bits per heavy atom. The molecule has 7 nitrogen and oxygen atoms in total. The molecule has 3 rings (SSSR count). The number of sulfonamides is 1. The lowest BCUT2D eigenvalue weighted by Gasteiger charge is -2.11. The summed E-state index contributed by atoms with van der Waals surface area (Å²) in [4.78, 5) is 11.5. The summed E-state index contributed by atoms with van der Waals surface area (Å²) in [5.41, 5.74) is 0.465. The smallest absolute Gasteiger partial charge is 0.336 e. The Labute approximate surface area is 152 Å². The number of rotatable bonds is 5. The van der Waals surface area contributed by atoms with Crippen LogP contribution in [0.4, 0.5) is 8.78 Å². The predicted molar refractivity (Wildman–Crippen MR) is 92.7 cm³/mol. The van der Waals surface area contributed by atoms with Crippen molar-refractivity contribution in [2.75, 3.05) is 0 Å². The highest BCUT2D eigenvalue weighted by Gasteiger charge is 2.21. The molecule has 0 saturated carbocycles. The van der Waals surface area contributed by atoms with Crippen LogP contribution in [-0.4, -0.2) is 29.7 Å². The number of aromatic amines is 1. The number of carboxylic acid groups (broad SMARTS) is 1. The van der Waals surface area contributed by atoms with Crippen molar-refractivity contribution in [3.63, 3.8) is 0 Å². The molecule has 4 N–H and O–H groups in total. The van der Waals surface area contributed by atoms with Crippen LogP contribution in [0, 0.1) is 0 Å². The molecule has 0 unspecified atom stereocenters. The zero-order valence-electron chi connectivity index (χ0n) is 13.6. The molecule has 0 aliphatic heterocycles. The van der Waals surface area contributed by atoms with Gasteiger partial charge in [0.15, 0.2) is 0 Å². The van der Waals surface area contributed by atoms with Gasteiger partial charge in [-0.2, -0.15) is 5.10 Å². The third-order valence-corrected chi connectivity index (χ3v) is 4.81. The number of carboxylic acids is 1. The number of alkyl halides is 2. The number of halogens is 2. The molecule has 0 bridgehead atoms. The van der Waals surface area contributed by atoms with Gasteiger partial charge in [-0.25, -0.2) is 27.1 Å². The third kappa shape index (κ3) is 3.71. The Bertz CT molecular complexity index is 1110. The molecule has 140 valence electrons. The van der Waals surface area contributed by atoms with Gasteiger partial charge in [0.1, 0.15) is 5.69 Å². The third-order valence-electron chi connectivity index (χ3n) is 3.88. The molecule has 2 aromatic carbocycles. The number of hydrogen-bond donors (Lipinski definition) is 3. The van der Waals surface area contributed by atoms with Crippen LogP contribution in [0.1, 0.15) is 22.5 Å². The molecule has 0 atom stereocenters. The molecule has 0 spiro atoms. The van der Waals surface area contributed by atoms with E-state index >= 15 is 0 Å². The summed E-state index contributed by atoms with van der Waals surface area (Å²) in [7, 11) is -3.89. The number of benzene rings is 2. The first kappa shape index (κ1) is 18.7. The minimum Gasteiger partial charge on any atom is -0.478 e. The van der Waals surface area contributed by atoms with Crippen molar-refractivity contribution in [1.29, 1.82) is 0 Å². The second-order valence-corrected chi connectivity index (χ2v) is 7.17. The molecule has 0 aliphatic rings. The van der Waals surface area contributed by atoms with E-state index in [1.807, 2.05) is 0 Å². The maximum absolute atomic E-state index is 12.9. The quantitative estimate of drug-likeness (QED) is 0.614. The van der Waals surface area contributed by atoms with Crippen LogP contribution in [-0.2, 0) is 10.0 Å². The van der Waals surface area contributed by atoms with E-state index in [1.165, 1.54) is 36.4 Å². The van der Waals surface area contributed by atoms with Gasteiger partial charge in [0.2, 0.25) is 10.0 Å². The van der Waals surface area contributed by atoms with Crippen molar-refractivity contribution in [3.05, 3.63) is 59.8 Å². The highest BCUT2D eigenvalue weighted by Crippen LogP contribution is 2.35. The lowest BCUT2D eigenvalue weighted by atomic mass is 9.93. The molecule has 10 heteroatoms. The number of nitrogens with zero attached hydrogens (tertiary/aromatic N) is 1. The maximum Gasteiger partial charge on any atom is 0.336 e. The molecule has 1 aromatic heterocycles. The molecular weight excluding hydrogens is 380 g/mol. The summed E-state index contributed by atoms with van der Waals surface area (Å²) >= 11 is 0. The summed E-state index contributed by atoms with van der Waals surface area (Å²) in [6, 6.07) is 10.9. The van der Waals surface area contributed by atoms with Crippen molar-refractivity contribution in [3.8, 4) is 22.4 Å². The molecule has 0 radical (unpaired) electrons. The van der Waals surface area contributed by atoms with Crippen LogP contribution >= 0.6 is 0 Å². The van der Waals surface area contributed by atoms with Gasteiger partial charge in [-0.1, -0.05) is 24.3 Å². The van der Waals surface area contributed by atoms with E-state index in [0.717, 1.165) is 6.07 Å². The monoisotopic (exact) mass is 393 g/mol. The second kappa shape index (κ2) is 6.89. The van der Waals surface area contributed by atoms with Gasteiger partial charge in [0, 0.05) is 5.56 Å². The van der Waals surface area contributed by atoms with Gasteiger partial charge in [0.25, 0.3) is 6.43 Å². The Morgan fingerprint density at radius 3 is 2.33 bits per heavy atom. The zero-order chi connectivity index (χ0) is 19.8. The fraction of sp³-hybridized carbons (Fsp3) is 0.0588. The molecule has 3 aromatic rings. The predicted octanol–water partition coefficient (Wildman–Crippen LogP) is 3.03. The summed E-state index contributed by atoms with van der Waals surface area (Å²) in [6.45, 7) is 0. The largest absolute Gasteiger partial charge is 0.478 e. The molecule has 0 saturated heterocycles. The summed E-state index contributed by atoms with van der Waals surface area (Å²) in [5, 5.41) is 20.6. The molecule has 0 fully saturated rings. The minimum atomic E-state index is -3.89. The average molecular weight is 393 g/mol. The van der Waals surface area contributed by atoms with Gasteiger partial charge in [0.05, 0.1) is 16.2 Å². The number of carbonyl (C=O) groups is 1. The van der Waals surface area contributed by atoms with Gasteiger partial charge in [-0.3, -0.25) is 5.10 Å². The molecule has 0 amide bonds. The van der Waals surface area contributed by atoms with Crippen LogP contribution in [0.25, 0.3) is 22.4 Å². The van der Waals surface area contributed by atoms with E-state index in [2.05, 4.69) is 10.2 Å². The van der Waals surface area contributed by atoms with Gasteiger partial charge in [-0.05, 0) is 35.4 Å². The minimum absolute atomic E-state index is 0.0359. The highest BCUT2D eigenvalue weighted by atomic mass is 32.2. The Kier molecular flexibility index (Phi) is 4.77. The van der Waals surface area contributed by atoms with Crippen LogP contribution < -0.4 is 5.14 Å². The number of aromatic carboxylic acids is 1. The van der Waals surface area contributed by atoms with E-state index in [0.29, 0.717) is 11.1 Å². The topological polar surface area (TPSA) is 126 Å². The maximum atomic E-state index is 12.9. The number of nitrogens with one attached hydrogen (secondary N) is 1. The average Bonchev–Trinajstić information content (AvgIpc) is 3.10. The van der Waals surface area contributed by atoms with Crippen molar-refractivity contribution >= 4 is 16.0 Å². The highest BCUT2D eigenvalue weighted by molar-refractivity contribution is 7.89. The summed E-state index contributed by atoms with van der Waals surface area (Å²) < 4.78 is 48.5. The van der Waals surface area contributed by atoms with Gasteiger partial charge < -0.3 is 5.11 Å². The summed E-state index contributed by atoms with van der Waals surface area (Å²) in [6.07, 6.45) is -2.79. The van der Waals surface area contributed by atoms with Gasteiger partial charge in [-0.15, -0.1) is 0 Å². The lowest BCUT2D eigenvalue weighted by Crippen LogP contribution is -2.11. The fourth-order valence-corrected chi connectivity index (χ4v) is 3.16. The van der Waals surface area contributed by atoms with E-state index in [1.54, 1.807) is 6.07 Å². The first-order valence-electron chi connectivity index (χ1n) is 7.52. The van der Waals surface area contributed by atoms with E-state index in [9.17, 15) is 27.1 Å². The first-order chi connectivity index (χ1) is 12.7. The Balaban J connectivity index is 2.21. The standard InChI is InChI=1S/C17H13F2N3O4S/c18-16(19)14-8-13(21-22-14)15-11(2-1-3-12(15)17(23)24)9-4-6-10(7-5-9)27(20,25)26/h1-8,16H,(H,21,22)(H,23,24)(H2,20,25,26). The fourth-order valence-electron chi connectivity index (χ4n) is 2.65. The molecular formula is C17H13F2N3O4S. The van der Waals surface area contributed by atoms with Crippen molar-refractivity contribution in [1.82, 2.24) is 10.2 Å². The SMILES string of the molecule is NS(=O)(=O)c1ccc(-c2cccc(C(=O)O)c2-c2cc(C(F)F)[nH]n2)cc1. The van der Waals surface area contributed by atoms with Crippen LogP contribution in [0.3, 0.4) is 0 Å². The van der Waals surface area contributed by atoms with Crippen molar-refractivity contribution < 1.29 is 27.1 Å². The Morgan fingerprint density at radius 1 is 1.15 bits per heavy atom. The summed E-state index contributed by atoms with van der Waals surface area (Å²) in [5.74, 6) is -1.25. The van der Waals surface area contributed by atoms with Crippen LogP contribution in [0.5, 0.6) is 0 Å².